The third-order valence-electron chi connectivity index (χ3n) is 2.97. The Labute approximate surface area is 113 Å². The van der Waals surface area contributed by atoms with Crippen LogP contribution in [0.15, 0.2) is 0 Å². The van der Waals surface area contributed by atoms with Crippen molar-refractivity contribution >= 4 is 23.7 Å². The Balaban J connectivity index is 4.21. The maximum Gasteiger partial charge on any atom is 0.336 e. The van der Waals surface area contributed by atoms with E-state index in [0.29, 0.717) is 6.42 Å². The lowest BCUT2D eigenvalue weighted by molar-refractivity contribution is -0.168. The second-order valence-electron chi connectivity index (χ2n) is 4.49. The Hall–Kier alpha value is -0.590. The van der Waals surface area contributed by atoms with Crippen molar-refractivity contribution < 1.29 is 24.9 Å². The normalized spacial score (nSPS) is 16.0. The molecule has 2 unspecified atom stereocenters. The molecular weight excluding hydrogens is 256 g/mol. The van der Waals surface area contributed by atoms with Crippen LogP contribution >= 0.6 is 12.6 Å². The van der Waals surface area contributed by atoms with Gasteiger partial charge in [-0.2, -0.15) is 0 Å². The van der Waals surface area contributed by atoms with Crippen molar-refractivity contribution in [3.63, 3.8) is 0 Å². The van der Waals surface area contributed by atoms with Crippen molar-refractivity contribution in [3.8, 4) is 0 Å². The summed E-state index contributed by atoms with van der Waals surface area (Å²) in [5, 5.41) is 26.8. The first-order chi connectivity index (χ1) is 8.36. The van der Waals surface area contributed by atoms with E-state index >= 15 is 0 Å². The zero-order valence-corrected chi connectivity index (χ0v) is 11.5. The molecule has 0 aromatic heterocycles. The molecule has 0 bridgehead atoms. The van der Waals surface area contributed by atoms with Crippen LogP contribution in [0, 0.1) is 0 Å². The summed E-state index contributed by atoms with van der Waals surface area (Å²) in [6.07, 6.45) is 3.35. The molecule has 3 N–H and O–H groups in total. The minimum atomic E-state index is -2.29. The maximum absolute atomic E-state index is 11.2. The third-order valence-corrected chi connectivity index (χ3v) is 3.36. The summed E-state index contributed by atoms with van der Waals surface area (Å²) in [6, 6.07) is 0. The van der Waals surface area contributed by atoms with E-state index in [1.165, 1.54) is 0 Å². The van der Waals surface area contributed by atoms with Gasteiger partial charge in [0, 0.05) is 0 Å². The Kier molecular flexibility index (Phi) is 8.22. The first-order valence-electron chi connectivity index (χ1n) is 6.23. The Bertz CT molecular complexity index is 282. The summed E-state index contributed by atoms with van der Waals surface area (Å²) in [6.45, 7) is 2.10. The average molecular weight is 278 g/mol. The number of aliphatic hydroxyl groups excluding tert-OH is 1. The summed E-state index contributed by atoms with van der Waals surface area (Å²) in [5.41, 5.74) is -2.29. The van der Waals surface area contributed by atoms with Crippen molar-refractivity contribution in [1.82, 2.24) is 0 Å². The Morgan fingerprint density at radius 3 is 2.11 bits per heavy atom. The lowest BCUT2D eigenvalue weighted by atomic mass is 9.91. The highest BCUT2D eigenvalue weighted by Crippen LogP contribution is 2.23. The van der Waals surface area contributed by atoms with Crippen molar-refractivity contribution in [1.29, 1.82) is 0 Å². The number of carboxylic acid groups (broad SMARTS) is 1. The molecule has 0 fully saturated rings. The quantitative estimate of drug-likeness (QED) is 0.357. The average Bonchev–Trinajstić information content (AvgIpc) is 2.31. The highest BCUT2D eigenvalue weighted by Gasteiger charge is 2.45. The number of carbonyl (C=O) groups excluding carboxylic acids is 1. The van der Waals surface area contributed by atoms with Crippen LogP contribution in [0.4, 0.5) is 0 Å². The van der Waals surface area contributed by atoms with Crippen LogP contribution in [0.5, 0.6) is 0 Å². The molecule has 2 atom stereocenters. The number of carbonyl (C=O) groups is 2. The molecule has 0 spiro atoms. The van der Waals surface area contributed by atoms with E-state index in [-0.39, 0.29) is 6.42 Å². The zero-order chi connectivity index (χ0) is 14.2. The van der Waals surface area contributed by atoms with E-state index < -0.39 is 22.8 Å². The van der Waals surface area contributed by atoms with E-state index in [9.17, 15) is 19.8 Å². The van der Waals surface area contributed by atoms with Gasteiger partial charge in [-0.05, 0) is 12.8 Å². The standard InChI is InChI=1S/C12H22O5S/c1-2-3-4-5-6-7-8-12(17,11(16)18)9(13)10(14)15/h9,13,17H,2-8H2,1H3,(H,14,15)(H,16,18). The number of aliphatic carboxylic acids is 1. The molecule has 0 rings (SSSR count). The van der Waals surface area contributed by atoms with Crippen LogP contribution in [0.1, 0.15) is 51.9 Å². The number of rotatable bonds is 10. The number of aliphatic hydroxyl groups is 2. The fourth-order valence-electron chi connectivity index (χ4n) is 1.74. The molecule has 0 aromatic rings. The van der Waals surface area contributed by atoms with E-state index in [0.717, 1.165) is 32.1 Å². The highest BCUT2D eigenvalue weighted by atomic mass is 32.1. The van der Waals surface area contributed by atoms with E-state index in [1.54, 1.807) is 0 Å². The summed E-state index contributed by atoms with van der Waals surface area (Å²) >= 11 is 3.46. The van der Waals surface area contributed by atoms with Crippen LogP contribution in [0.3, 0.4) is 0 Å². The molecule has 6 heteroatoms. The van der Waals surface area contributed by atoms with Gasteiger partial charge in [-0.1, -0.05) is 39.0 Å². The van der Waals surface area contributed by atoms with Crippen LogP contribution in [0.25, 0.3) is 0 Å². The molecule has 0 aliphatic rings. The Morgan fingerprint density at radius 1 is 1.17 bits per heavy atom. The van der Waals surface area contributed by atoms with Gasteiger partial charge < -0.3 is 15.3 Å². The topological polar surface area (TPSA) is 94.8 Å². The molecule has 0 saturated heterocycles. The van der Waals surface area contributed by atoms with Crippen LogP contribution < -0.4 is 0 Å². The molecule has 0 radical (unpaired) electrons. The highest BCUT2D eigenvalue weighted by molar-refractivity contribution is 7.96. The molecule has 18 heavy (non-hydrogen) atoms. The molecule has 0 aliphatic heterocycles. The van der Waals surface area contributed by atoms with Crippen LogP contribution in [-0.4, -0.2) is 38.1 Å². The van der Waals surface area contributed by atoms with Gasteiger partial charge >= 0.3 is 5.97 Å². The Morgan fingerprint density at radius 2 is 1.67 bits per heavy atom. The lowest BCUT2D eigenvalue weighted by Gasteiger charge is -2.27. The van der Waals surface area contributed by atoms with Gasteiger partial charge in [0.15, 0.2) is 11.7 Å². The zero-order valence-electron chi connectivity index (χ0n) is 10.6. The molecule has 106 valence electrons. The van der Waals surface area contributed by atoms with Gasteiger partial charge in [0.2, 0.25) is 5.12 Å². The fraction of sp³-hybridized carbons (Fsp3) is 0.833. The van der Waals surface area contributed by atoms with Crippen LogP contribution in [-0.2, 0) is 9.59 Å². The van der Waals surface area contributed by atoms with Crippen molar-refractivity contribution in [3.05, 3.63) is 0 Å². The monoisotopic (exact) mass is 278 g/mol. The van der Waals surface area contributed by atoms with Gasteiger partial charge in [-0.3, -0.25) is 4.79 Å². The second kappa shape index (κ2) is 8.50. The predicted octanol–water partition coefficient (Wildman–Crippen LogP) is 1.37. The number of unbranched alkanes of at least 4 members (excludes halogenated alkanes) is 5. The van der Waals surface area contributed by atoms with Gasteiger partial charge in [0.1, 0.15) is 0 Å². The summed E-state index contributed by atoms with van der Waals surface area (Å²) < 4.78 is 0. The number of carboxylic acids is 1. The molecule has 0 heterocycles. The lowest BCUT2D eigenvalue weighted by Crippen LogP contribution is -2.51. The minimum Gasteiger partial charge on any atom is -0.479 e. The fourth-order valence-corrected chi connectivity index (χ4v) is 1.97. The molecule has 0 aliphatic carbocycles. The largest absolute Gasteiger partial charge is 0.479 e. The number of hydrogen-bond donors (Lipinski definition) is 4. The molecule has 5 nitrogen and oxygen atoms in total. The molecule has 0 saturated carbocycles. The maximum atomic E-state index is 11.2. The number of thiol groups is 1. The van der Waals surface area contributed by atoms with Gasteiger partial charge in [0.05, 0.1) is 0 Å². The third kappa shape index (κ3) is 5.37. The first kappa shape index (κ1) is 17.4. The summed E-state index contributed by atoms with van der Waals surface area (Å²) in [5.74, 6) is -1.62. The van der Waals surface area contributed by atoms with E-state index in [2.05, 4.69) is 19.6 Å². The van der Waals surface area contributed by atoms with Crippen molar-refractivity contribution in [2.75, 3.05) is 0 Å². The second-order valence-corrected chi connectivity index (χ2v) is 4.89. The molecule has 0 amide bonds. The van der Waals surface area contributed by atoms with Gasteiger partial charge in [-0.25, -0.2) is 4.79 Å². The predicted molar refractivity (Wildman–Crippen MR) is 70.6 cm³/mol. The minimum absolute atomic E-state index is 0.0884. The van der Waals surface area contributed by atoms with E-state index in [4.69, 9.17) is 5.11 Å². The first-order valence-corrected chi connectivity index (χ1v) is 6.67. The summed E-state index contributed by atoms with van der Waals surface area (Å²) in [4.78, 5) is 21.8. The van der Waals surface area contributed by atoms with Crippen molar-refractivity contribution in [2.45, 2.75) is 63.6 Å². The summed E-state index contributed by atoms with van der Waals surface area (Å²) in [7, 11) is 0. The molecule has 0 aromatic carbocycles. The molecular formula is C12H22O5S. The SMILES string of the molecule is CCCCCCCCC(O)(C(=O)S)C(O)C(=O)O. The van der Waals surface area contributed by atoms with Gasteiger partial charge in [0.25, 0.3) is 0 Å². The number of hydrogen-bond acceptors (Lipinski definition) is 4. The van der Waals surface area contributed by atoms with Crippen molar-refractivity contribution in [2.24, 2.45) is 0 Å². The van der Waals surface area contributed by atoms with Crippen LogP contribution in [0.2, 0.25) is 0 Å². The van der Waals surface area contributed by atoms with Gasteiger partial charge in [-0.15, -0.1) is 12.6 Å². The van der Waals surface area contributed by atoms with E-state index in [1.807, 2.05) is 0 Å². The smallest absolute Gasteiger partial charge is 0.336 e.